The summed E-state index contributed by atoms with van der Waals surface area (Å²) in [6.45, 7) is 0.242. The monoisotopic (exact) mass is 377 g/mol. The second-order valence-electron chi connectivity index (χ2n) is 4.99. The number of nitrogens with zero attached hydrogens (tertiary/aromatic N) is 3. The zero-order valence-corrected chi connectivity index (χ0v) is 14.8. The molecule has 0 spiro atoms. The zero-order chi connectivity index (χ0) is 17.9. The number of aromatic nitrogens is 3. The van der Waals surface area contributed by atoms with Crippen LogP contribution in [0.15, 0.2) is 53.4 Å². The molecule has 0 atom stereocenters. The fourth-order valence-electron chi connectivity index (χ4n) is 2.04. The standard InChI is InChI=1S/C15H15N5O3S2/c1-16-25(22,23)14-5-3-12(24-14)9-19-15(21)11-2-4-13(18-8-11)20-7-6-17-10-20/h2-8,10,16H,9H2,1H3,(H,19,21). The van der Waals surface area contributed by atoms with Gasteiger partial charge in [0.25, 0.3) is 5.91 Å². The molecule has 0 bridgehead atoms. The average molecular weight is 377 g/mol. The molecule has 0 fully saturated rings. The van der Waals surface area contributed by atoms with E-state index in [4.69, 9.17) is 0 Å². The van der Waals surface area contributed by atoms with Crippen LogP contribution >= 0.6 is 11.3 Å². The molecule has 25 heavy (non-hydrogen) atoms. The molecule has 3 heterocycles. The van der Waals surface area contributed by atoms with E-state index in [-0.39, 0.29) is 16.7 Å². The summed E-state index contributed by atoms with van der Waals surface area (Å²) in [5.41, 5.74) is 0.420. The van der Waals surface area contributed by atoms with E-state index in [9.17, 15) is 13.2 Å². The van der Waals surface area contributed by atoms with Gasteiger partial charge in [-0.3, -0.25) is 9.36 Å². The summed E-state index contributed by atoms with van der Waals surface area (Å²) in [6.07, 6.45) is 6.51. The Bertz CT molecular complexity index is 963. The third kappa shape index (κ3) is 3.92. The number of thiophene rings is 1. The molecular formula is C15H15N5O3S2. The molecule has 2 N–H and O–H groups in total. The summed E-state index contributed by atoms with van der Waals surface area (Å²) in [6, 6.07) is 6.58. The Morgan fingerprint density at radius 3 is 2.76 bits per heavy atom. The van der Waals surface area contributed by atoms with Gasteiger partial charge in [0.2, 0.25) is 10.0 Å². The summed E-state index contributed by atoms with van der Waals surface area (Å²) >= 11 is 1.11. The predicted octanol–water partition coefficient (Wildman–Crippen LogP) is 1.17. The van der Waals surface area contributed by atoms with Crippen molar-refractivity contribution in [1.29, 1.82) is 0 Å². The molecule has 0 aliphatic heterocycles. The summed E-state index contributed by atoms with van der Waals surface area (Å²) in [4.78, 5) is 21.1. The maximum absolute atomic E-state index is 12.2. The van der Waals surface area contributed by atoms with Crippen LogP contribution in [-0.4, -0.2) is 35.9 Å². The quantitative estimate of drug-likeness (QED) is 0.671. The first-order valence-corrected chi connectivity index (χ1v) is 9.54. The van der Waals surface area contributed by atoms with Crippen molar-refractivity contribution in [3.63, 3.8) is 0 Å². The van der Waals surface area contributed by atoms with Gasteiger partial charge in [-0.1, -0.05) is 0 Å². The SMILES string of the molecule is CNS(=O)(=O)c1ccc(CNC(=O)c2ccc(-n3ccnc3)nc2)s1. The Morgan fingerprint density at radius 1 is 1.28 bits per heavy atom. The second kappa shape index (κ2) is 7.13. The number of rotatable bonds is 6. The second-order valence-corrected chi connectivity index (χ2v) is 8.27. The largest absolute Gasteiger partial charge is 0.347 e. The van der Waals surface area contributed by atoms with Crippen molar-refractivity contribution in [2.75, 3.05) is 7.05 Å². The molecule has 0 aliphatic carbocycles. The van der Waals surface area contributed by atoms with Crippen LogP contribution in [0.1, 0.15) is 15.2 Å². The van der Waals surface area contributed by atoms with Crippen LogP contribution in [0.3, 0.4) is 0 Å². The number of carbonyl (C=O) groups is 1. The van der Waals surface area contributed by atoms with E-state index in [2.05, 4.69) is 20.0 Å². The number of amides is 1. The minimum absolute atomic E-state index is 0.214. The predicted molar refractivity (Wildman–Crippen MR) is 93.1 cm³/mol. The Kier molecular flexibility index (Phi) is 4.93. The molecule has 8 nitrogen and oxygen atoms in total. The van der Waals surface area contributed by atoms with Gasteiger partial charge in [0, 0.05) is 23.5 Å². The Labute approximate surface area is 148 Å². The highest BCUT2D eigenvalue weighted by atomic mass is 32.2. The lowest BCUT2D eigenvalue weighted by molar-refractivity contribution is 0.0951. The topological polar surface area (TPSA) is 106 Å². The molecule has 3 aromatic rings. The van der Waals surface area contributed by atoms with Crippen molar-refractivity contribution in [2.24, 2.45) is 0 Å². The summed E-state index contributed by atoms with van der Waals surface area (Å²) < 4.78 is 27.6. The van der Waals surface area contributed by atoms with Crippen LogP contribution in [0.5, 0.6) is 0 Å². The molecule has 0 radical (unpaired) electrons. The van der Waals surface area contributed by atoms with E-state index in [1.54, 1.807) is 41.5 Å². The van der Waals surface area contributed by atoms with Crippen molar-refractivity contribution in [3.05, 3.63) is 59.6 Å². The van der Waals surface area contributed by atoms with Crippen LogP contribution in [-0.2, 0) is 16.6 Å². The lowest BCUT2D eigenvalue weighted by Crippen LogP contribution is -2.22. The Morgan fingerprint density at radius 2 is 2.12 bits per heavy atom. The number of hydrogen-bond donors (Lipinski definition) is 2. The van der Waals surface area contributed by atoms with Crippen LogP contribution in [0.4, 0.5) is 0 Å². The van der Waals surface area contributed by atoms with E-state index < -0.39 is 10.0 Å². The van der Waals surface area contributed by atoms with Crippen LogP contribution in [0, 0.1) is 0 Å². The van der Waals surface area contributed by atoms with Gasteiger partial charge in [-0.05, 0) is 31.3 Å². The highest BCUT2D eigenvalue weighted by molar-refractivity contribution is 7.91. The molecule has 0 unspecified atom stereocenters. The van der Waals surface area contributed by atoms with E-state index in [1.807, 2.05) is 0 Å². The third-order valence-electron chi connectivity index (χ3n) is 3.37. The van der Waals surface area contributed by atoms with Gasteiger partial charge in [0.1, 0.15) is 16.4 Å². The fourth-order valence-corrected chi connectivity index (χ4v) is 4.17. The molecule has 10 heteroatoms. The minimum Gasteiger partial charge on any atom is -0.347 e. The van der Waals surface area contributed by atoms with E-state index >= 15 is 0 Å². The van der Waals surface area contributed by atoms with E-state index in [0.717, 1.165) is 16.2 Å². The van der Waals surface area contributed by atoms with Crippen molar-refractivity contribution in [2.45, 2.75) is 10.8 Å². The van der Waals surface area contributed by atoms with Gasteiger partial charge in [0.15, 0.2) is 0 Å². The van der Waals surface area contributed by atoms with Crippen molar-refractivity contribution < 1.29 is 13.2 Å². The molecule has 3 aromatic heterocycles. The number of carbonyl (C=O) groups excluding carboxylic acids is 1. The van der Waals surface area contributed by atoms with Gasteiger partial charge in [-0.25, -0.2) is 23.1 Å². The van der Waals surface area contributed by atoms with Gasteiger partial charge in [-0.15, -0.1) is 11.3 Å². The molecule has 0 saturated heterocycles. The lowest BCUT2D eigenvalue weighted by Gasteiger charge is -2.05. The van der Waals surface area contributed by atoms with Gasteiger partial charge in [-0.2, -0.15) is 0 Å². The van der Waals surface area contributed by atoms with Crippen LogP contribution in [0.2, 0.25) is 0 Å². The third-order valence-corrected chi connectivity index (χ3v) is 6.36. The van der Waals surface area contributed by atoms with E-state index in [1.165, 1.54) is 19.3 Å². The summed E-state index contributed by atoms with van der Waals surface area (Å²) in [5, 5.41) is 2.75. The number of sulfonamides is 1. The summed E-state index contributed by atoms with van der Waals surface area (Å²) in [5.74, 6) is 0.380. The first kappa shape index (κ1) is 17.3. The number of pyridine rings is 1. The normalized spacial score (nSPS) is 11.4. The lowest BCUT2D eigenvalue weighted by atomic mass is 10.2. The maximum Gasteiger partial charge on any atom is 0.253 e. The van der Waals surface area contributed by atoms with Crippen molar-refractivity contribution in [3.8, 4) is 5.82 Å². The molecule has 130 valence electrons. The number of hydrogen-bond acceptors (Lipinski definition) is 6. The van der Waals surface area contributed by atoms with Gasteiger partial charge >= 0.3 is 0 Å². The highest BCUT2D eigenvalue weighted by Gasteiger charge is 2.15. The van der Waals surface area contributed by atoms with Gasteiger partial charge in [0.05, 0.1) is 12.1 Å². The molecule has 0 aliphatic rings. The first-order chi connectivity index (χ1) is 12.0. The zero-order valence-electron chi connectivity index (χ0n) is 13.2. The van der Waals surface area contributed by atoms with Crippen LogP contribution < -0.4 is 10.0 Å². The molecule has 0 saturated carbocycles. The van der Waals surface area contributed by atoms with Gasteiger partial charge < -0.3 is 5.32 Å². The molecule has 0 aromatic carbocycles. The summed E-state index contributed by atoms with van der Waals surface area (Å²) in [7, 11) is -2.10. The average Bonchev–Trinajstić information content (AvgIpc) is 3.32. The smallest absolute Gasteiger partial charge is 0.253 e. The maximum atomic E-state index is 12.2. The van der Waals surface area contributed by atoms with Crippen molar-refractivity contribution in [1.82, 2.24) is 24.6 Å². The fraction of sp³-hybridized carbons (Fsp3) is 0.133. The number of imidazole rings is 1. The molecular weight excluding hydrogens is 362 g/mol. The Balaban J connectivity index is 1.63. The first-order valence-electron chi connectivity index (χ1n) is 7.24. The minimum atomic E-state index is -3.46. The highest BCUT2D eigenvalue weighted by Crippen LogP contribution is 2.21. The van der Waals surface area contributed by atoms with E-state index in [0.29, 0.717) is 11.4 Å². The van der Waals surface area contributed by atoms with Crippen molar-refractivity contribution >= 4 is 27.3 Å². The Hall–Kier alpha value is -2.56. The van der Waals surface area contributed by atoms with Crippen LogP contribution in [0.25, 0.3) is 5.82 Å². The number of nitrogens with one attached hydrogen (secondary N) is 2. The molecule has 1 amide bonds. The molecule has 3 rings (SSSR count).